The number of ether oxygens (including phenoxy) is 1. The molecule has 0 aliphatic heterocycles. The van der Waals surface area contributed by atoms with E-state index in [4.69, 9.17) is 9.72 Å². The number of imidazole rings is 1. The van der Waals surface area contributed by atoms with E-state index in [1.807, 2.05) is 6.20 Å². The zero-order valence-corrected chi connectivity index (χ0v) is 44.2. The van der Waals surface area contributed by atoms with Gasteiger partial charge in [-0.25, -0.2) is 4.98 Å². The van der Waals surface area contributed by atoms with Gasteiger partial charge in [-0.05, 0) is 110 Å². The molecule has 5 nitrogen and oxygen atoms in total. The van der Waals surface area contributed by atoms with Crippen LogP contribution in [0.2, 0.25) is 0 Å². The van der Waals surface area contributed by atoms with Crippen LogP contribution in [0.1, 0.15) is 128 Å². The van der Waals surface area contributed by atoms with E-state index in [0.29, 0.717) is 0 Å². The fourth-order valence-electron chi connectivity index (χ4n) is 10.3. The van der Waals surface area contributed by atoms with Gasteiger partial charge in [-0.1, -0.05) is 198 Å². The predicted molar refractivity (Wildman–Crippen MR) is 298 cm³/mol. The van der Waals surface area contributed by atoms with Crippen LogP contribution in [0.4, 0.5) is 0 Å². The van der Waals surface area contributed by atoms with Crippen molar-refractivity contribution in [1.82, 2.24) is 14.1 Å². The van der Waals surface area contributed by atoms with Crippen LogP contribution in [0.15, 0.2) is 194 Å². The van der Waals surface area contributed by atoms with Crippen LogP contribution >= 0.6 is 0 Å². The summed E-state index contributed by atoms with van der Waals surface area (Å²) in [4.78, 5) is 4.95. The van der Waals surface area contributed by atoms with Gasteiger partial charge >= 0.3 is 0 Å². The highest BCUT2D eigenvalue weighted by Crippen LogP contribution is 2.42. The Kier molecular flexibility index (Phi) is 12.0. The van der Waals surface area contributed by atoms with Crippen LogP contribution in [0.3, 0.4) is 0 Å². The van der Waals surface area contributed by atoms with Crippen molar-refractivity contribution in [2.75, 3.05) is 0 Å². The first kappa shape index (κ1) is 48.1. The summed E-state index contributed by atoms with van der Waals surface area (Å²) in [6, 6.07) is 65.7. The first-order valence-electron chi connectivity index (χ1n) is 25.4. The lowest BCUT2D eigenvalue weighted by molar-refractivity contribution is -0.599. The summed E-state index contributed by atoms with van der Waals surface area (Å²) in [7, 11) is 0. The van der Waals surface area contributed by atoms with Gasteiger partial charge in [-0.2, -0.15) is 0 Å². The van der Waals surface area contributed by atoms with Gasteiger partial charge < -0.3 is 4.74 Å². The summed E-state index contributed by atoms with van der Waals surface area (Å²) in [6.45, 7) is 27.5. The molecule has 72 heavy (non-hydrogen) atoms. The van der Waals surface area contributed by atoms with E-state index >= 15 is 0 Å². The van der Waals surface area contributed by atoms with E-state index in [9.17, 15) is 0 Å². The maximum Gasteiger partial charge on any atom is 0.269 e. The van der Waals surface area contributed by atoms with Gasteiger partial charge in [0.15, 0.2) is 0 Å². The fraction of sp³-hybridized carbons (Fsp3) is 0.254. The minimum atomic E-state index is -0.365. The summed E-state index contributed by atoms with van der Waals surface area (Å²) in [5, 5.41) is 2.32. The lowest BCUT2D eigenvalue weighted by atomic mass is 9.73. The first-order chi connectivity index (χ1) is 34.2. The van der Waals surface area contributed by atoms with Crippen LogP contribution in [0.5, 0.6) is 11.5 Å². The van der Waals surface area contributed by atoms with Crippen molar-refractivity contribution in [3.8, 4) is 28.7 Å². The number of pyridine rings is 1. The predicted octanol–water partition coefficient (Wildman–Crippen LogP) is 16.4. The van der Waals surface area contributed by atoms with E-state index in [1.54, 1.807) is 0 Å². The van der Waals surface area contributed by atoms with Crippen LogP contribution in [-0.2, 0) is 27.1 Å². The van der Waals surface area contributed by atoms with Crippen LogP contribution in [-0.4, -0.2) is 14.1 Å². The second kappa shape index (κ2) is 18.0. The highest BCUT2D eigenvalue weighted by atomic mass is 16.5. The summed E-state index contributed by atoms with van der Waals surface area (Å²) in [5.41, 5.74) is 12.7. The average molecular weight is 945 g/mol. The van der Waals surface area contributed by atoms with E-state index < -0.39 is 0 Å². The van der Waals surface area contributed by atoms with Gasteiger partial charge in [0.05, 0.1) is 28.1 Å². The molecule has 3 heterocycles. The molecule has 0 atom stereocenters. The fourth-order valence-corrected chi connectivity index (χ4v) is 10.3. The molecule has 0 spiro atoms. The topological polar surface area (TPSA) is 35.9 Å². The van der Waals surface area contributed by atoms with Crippen molar-refractivity contribution in [2.45, 2.75) is 110 Å². The molecule has 0 saturated carbocycles. The molecule has 0 saturated heterocycles. The Morgan fingerprint density at radius 2 is 0.958 bits per heavy atom. The Labute approximate surface area is 427 Å². The molecule has 10 aromatic rings. The second-order valence-electron chi connectivity index (χ2n) is 23.3. The monoisotopic (exact) mass is 945 g/mol. The van der Waals surface area contributed by atoms with E-state index in [2.05, 4.69) is 291 Å². The molecule has 0 unspecified atom stereocenters. The smallest absolute Gasteiger partial charge is 0.269 e. The molecule has 0 aliphatic rings. The maximum absolute atomic E-state index is 7.12. The molecule has 362 valence electrons. The van der Waals surface area contributed by atoms with Gasteiger partial charge in [-0.3, -0.25) is 13.7 Å². The molecule has 0 radical (unpaired) electrons. The van der Waals surface area contributed by atoms with Crippen LogP contribution in [0.25, 0.3) is 39.0 Å². The van der Waals surface area contributed by atoms with Gasteiger partial charge in [0, 0.05) is 45.5 Å². The van der Waals surface area contributed by atoms with E-state index in [-0.39, 0.29) is 27.1 Å². The third-order valence-electron chi connectivity index (χ3n) is 15.2. The lowest BCUT2D eigenvalue weighted by Gasteiger charge is -2.32. The number of para-hydroxylation sites is 1. The van der Waals surface area contributed by atoms with Crippen LogP contribution in [0, 0.1) is 6.33 Å². The zero-order valence-electron chi connectivity index (χ0n) is 44.2. The molecule has 0 bridgehead atoms. The Balaban J connectivity index is 1.15. The average Bonchev–Trinajstić information content (AvgIpc) is 3.98. The van der Waals surface area contributed by atoms with Crippen LogP contribution < -0.4 is 9.30 Å². The molecule has 0 aliphatic carbocycles. The summed E-state index contributed by atoms with van der Waals surface area (Å²) in [5.74, 6) is 2.37. The van der Waals surface area contributed by atoms with Gasteiger partial charge in [0.25, 0.3) is 6.33 Å². The zero-order chi connectivity index (χ0) is 50.8. The summed E-state index contributed by atoms with van der Waals surface area (Å²) >= 11 is 0. The molecule has 7 aromatic carbocycles. The molecule has 0 fully saturated rings. The normalized spacial score (nSPS) is 12.7. The van der Waals surface area contributed by atoms with Gasteiger partial charge in [0.2, 0.25) is 0 Å². The Hall–Kier alpha value is -7.50. The number of hydrogen-bond donors (Lipinski definition) is 0. The highest BCUT2D eigenvalue weighted by molar-refractivity contribution is 6.09. The van der Waals surface area contributed by atoms with Gasteiger partial charge in [-0.15, -0.1) is 0 Å². The number of nitrogens with zero attached hydrogens (tertiary/aromatic N) is 4. The molecular formula is C67H68N4O. The van der Waals surface area contributed by atoms with Crippen molar-refractivity contribution in [1.29, 1.82) is 0 Å². The second-order valence-corrected chi connectivity index (χ2v) is 23.3. The van der Waals surface area contributed by atoms with Crippen molar-refractivity contribution < 1.29 is 9.30 Å². The largest absolute Gasteiger partial charge is 0.458 e. The number of aromatic nitrogens is 4. The van der Waals surface area contributed by atoms with E-state index in [1.165, 1.54) is 38.8 Å². The summed E-state index contributed by atoms with van der Waals surface area (Å²) < 4.78 is 13.9. The standard InChI is InChI=1S/C67H68N4O/c1-63(2,3)49-34-35-68-62(41-49)71-59-31-23-22-30-57(59)58-33-32-55(43-60(58)71)72-56-40-52(67(11,12)48-28-20-15-21-29-48)39-54(42-56)70-45-69(44-61(70)64(4,5)6)53-37-50(65(7,8)46-24-16-13-17-25-46)36-51(38-53)66(9,10)47-26-18-14-19-27-47/h13-44H,1-12H3. The molecule has 0 N–H and O–H groups in total. The molecule has 3 aromatic heterocycles. The van der Waals surface area contributed by atoms with E-state index in [0.717, 1.165) is 56.4 Å². The quantitative estimate of drug-likeness (QED) is 0.0957. The third kappa shape index (κ3) is 8.95. The maximum atomic E-state index is 7.12. The minimum Gasteiger partial charge on any atom is -0.458 e. The van der Waals surface area contributed by atoms with Gasteiger partial charge in [0.1, 0.15) is 17.3 Å². The third-order valence-corrected chi connectivity index (χ3v) is 15.2. The Morgan fingerprint density at radius 3 is 1.51 bits per heavy atom. The number of hydrogen-bond acceptors (Lipinski definition) is 2. The van der Waals surface area contributed by atoms with Crippen molar-refractivity contribution in [3.63, 3.8) is 0 Å². The van der Waals surface area contributed by atoms with Crippen molar-refractivity contribution in [3.05, 3.63) is 245 Å². The molecular weight excluding hydrogens is 877 g/mol. The Morgan fingerprint density at radius 1 is 0.431 bits per heavy atom. The summed E-state index contributed by atoms with van der Waals surface area (Å²) in [6.07, 6.45) is 8.12. The first-order valence-corrected chi connectivity index (χ1v) is 25.4. The SMILES string of the molecule is CC(C)(C)c1ccnc(-n2c3ccccc3c3ccc(Oc4cc(-n5[c-][n+](-c6cc(C(C)(C)c7ccccc7)cc(C(C)(C)c7ccccc7)c6)cc5C(C)(C)C)cc(C(C)(C)c5ccccc5)c4)cc32)c1. The number of benzene rings is 7. The number of fused-ring (bicyclic) bond motifs is 3. The highest BCUT2D eigenvalue weighted by Gasteiger charge is 2.31. The van der Waals surface area contributed by atoms with Crippen molar-refractivity contribution >= 4 is 21.8 Å². The lowest BCUT2D eigenvalue weighted by Crippen LogP contribution is -2.31. The molecule has 0 amide bonds. The number of rotatable bonds is 11. The molecule has 5 heteroatoms. The Bertz CT molecular complexity index is 3510. The minimum absolute atomic E-state index is 0.0320. The molecule has 10 rings (SSSR count). The van der Waals surface area contributed by atoms with Crippen molar-refractivity contribution in [2.24, 2.45) is 0 Å².